The Morgan fingerprint density at radius 2 is 1.50 bits per heavy atom. The average Bonchev–Trinajstić information content (AvgIpc) is 2.80. The van der Waals surface area contributed by atoms with Gasteiger partial charge in [-0.2, -0.15) is 0 Å². The molecule has 1 saturated carbocycles. The fourth-order valence-corrected chi connectivity index (χ4v) is 4.36. The van der Waals surface area contributed by atoms with Gasteiger partial charge in [0, 0.05) is 17.2 Å². The van der Waals surface area contributed by atoms with Crippen molar-refractivity contribution >= 4 is 17.7 Å². The minimum Gasteiger partial charge on any atom is -0.353 e. The Hall–Kier alpha value is -2.73. The topological polar surface area (TPSA) is 67.8 Å². The zero-order valence-electron chi connectivity index (χ0n) is 17.1. The minimum atomic E-state index is 0.0385. The molecule has 1 amide bonds. The fourth-order valence-electron chi connectivity index (χ4n) is 3.76. The van der Waals surface area contributed by atoms with Gasteiger partial charge < -0.3 is 5.32 Å². The van der Waals surface area contributed by atoms with Crippen molar-refractivity contribution in [3.05, 3.63) is 60.7 Å². The van der Waals surface area contributed by atoms with Crippen LogP contribution < -0.4 is 5.32 Å². The van der Waals surface area contributed by atoms with Crippen LogP contribution in [0.2, 0.25) is 0 Å². The van der Waals surface area contributed by atoms with E-state index < -0.39 is 0 Å². The van der Waals surface area contributed by atoms with E-state index in [1.165, 1.54) is 24.6 Å². The summed E-state index contributed by atoms with van der Waals surface area (Å²) >= 11 is 1.33. The van der Waals surface area contributed by atoms with E-state index in [4.69, 9.17) is 4.98 Å². The van der Waals surface area contributed by atoms with Crippen molar-refractivity contribution in [2.45, 2.75) is 43.8 Å². The van der Waals surface area contributed by atoms with E-state index in [9.17, 15) is 4.79 Å². The molecule has 0 bridgehead atoms. The Balaban J connectivity index is 1.48. The van der Waals surface area contributed by atoms with E-state index >= 15 is 0 Å². The first-order valence-corrected chi connectivity index (χ1v) is 11.5. The van der Waals surface area contributed by atoms with Gasteiger partial charge in [-0.3, -0.25) is 4.79 Å². The molecule has 1 aromatic heterocycles. The van der Waals surface area contributed by atoms with Gasteiger partial charge in [0.15, 0.2) is 0 Å². The van der Waals surface area contributed by atoms with Gasteiger partial charge in [0.05, 0.1) is 5.75 Å². The van der Waals surface area contributed by atoms with Crippen molar-refractivity contribution in [1.82, 2.24) is 20.5 Å². The summed E-state index contributed by atoms with van der Waals surface area (Å²) in [6.45, 7) is 2.28. The van der Waals surface area contributed by atoms with Gasteiger partial charge in [-0.05, 0) is 31.6 Å². The second-order valence-corrected chi connectivity index (χ2v) is 8.78. The highest BCUT2D eigenvalue weighted by atomic mass is 32.2. The summed E-state index contributed by atoms with van der Waals surface area (Å²) in [5.41, 5.74) is 3.47. The van der Waals surface area contributed by atoms with Crippen LogP contribution in [-0.2, 0) is 4.79 Å². The molecule has 2 aromatic carbocycles. The molecule has 1 aliphatic rings. The van der Waals surface area contributed by atoms with E-state index in [0.29, 0.717) is 17.0 Å². The third-order valence-electron chi connectivity index (χ3n) is 5.48. The molecular weight excluding hydrogens is 392 g/mol. The minimum absolute atomic E-state index is 0.0385. The number of amides is 1. The smallest absolute Gasteiger partial charge is 0.230 e. The molecule has 5 nitrogen and oxygen atoms in total. The summed E-state index contributed by atoms with van der Waals surface area (Å²) in [5, 5.41) is 12.4. The lowest BCUT2D eigenvalue weighted by Gasteiger charge is -2.26. The number of thioether (sulfide) groups is 1. The molecule has 0 atom stereocenters. The van der Waals surface area contributed by atoms with Gasteiger partial charge in [0.1, 0.15) is 11.4 Å². The Labute approximate surface area is 181 Å². The van der Waals surface area contributed by atoms with Crippen molar-refractivity contribution in [2.24, 2.45) is 5.92 Å². The van der Waals surface area contributed by atoms with Crippen LogP contribution in [-0.4, -0.2) is 32.9 Å². The highest BCUT2D eigenvalue weighted by Gasteiger charge is 2.20. The number of rotatable bonds is 6. The van der Waals surface area contributed by atoms with Crippen molar-refractivity contribution in [1.29, 1.82) is 0 Å². The zero-order valence-corrected chi connectivity index (χ0v) is 17.9. The number of hydrogen-bond donors (Lipinski definition) is 1. The van der Waals surface area contributed by atoms with Crippen LogP contribution in [0.5, 0.6) is 0 Å². The van der Waals surface area contributed by atoms with Crippen LogP contribution in [0.15, 0.2) is 65.8 Å². The lowest BCUT2D eigenvalue weighted by Crippen LogP contribution is -2.38. The second kappa shape index (κ2) is 9.85. The number of aromatic nitrogens is 3. The molecule has 4 rings (SSSR count). The van der Waals surface area contributed by atoms with E-state index in [1.54, 1.807) is 0 Å². The normalized spacial score (nSPS) is 18.7. The Morgan fingerprint density at radius 3 is 2.13 bits per heavy atom. The van der Waals surface area contributed by atoms with Crippen LogP contribution in [0.3, 0.4) is 0 Å². The largest absolute Gasteiger partial charge is 0.353 e. The Bertz CT molecular complexity index is 973. The SMILES string of the molecule is CC1CCC(NC(=O)CSc2nnc(-c3ccccc3)c(-c3ccccc3)n2)CC1. The second-order valence-electron chi connectivity index (χ2n) is 7.84. The summed E-state index contributed by atoms with van der Waals surface area (Å²) in [7, 11) is 0. The molecule has 6 heteroatoms. The van der Waals surface area contributed by atoms with Crippen molar-refractivity contribution < 1.29 is 4.79 Å². The molecule has 0 spiro atoms. The maximum Gasteiger partial charge on any atom is 0.230 e. The van der Waals surface area contributed by atoms with Crippen LogP contribution >= 0.6 is 11.8 Å². The van der Waals surface area contributed by atoms with Gasteiger partial charge in [-0.25, -0.2) is 4.98 Å². The highest BCUT2D eigenvalue weighted by molar-refractivity contribution is 7.99. The summed E-state index contributed by atoms with van der Waals surface area (Å²) in [4.78, 5) is 17.2. The summed E-state index contributed by atoms with van der Waals surface area (Å²) in [6, 6.07) is 20.2. The molecule has 3 aromatic rings. The number of nitrogens with zero attached hydrogens (tertiary/aromatic N) is 3. The molecule has 1 heterocycles. The molecule has 0 saturated heterocycles. The van der Waals surface area contributed by atoms with Crippen molar-refractivity contribution in [2.75, 3.05) is 5.75 Å². The quantitative estimate of drug-likeness (QED) is 0.571. The molecule has 154 valence electrons. The summed E-state index contributed by atoms with van der Waals surface area (Å²) in [6.07, 6.45) is 4.51. The molecule has 1 N–H and O–H groups in total. The monoisotopic (exact) mass is 418 g/mol. The van der Waals surface area contributed by atoms with E-state index in [2.05, 4.69) is 22.4 Å². The van der Waals surface area contributed by atoms with Gasteiger partial charge in [-0.1, -0.05) is 79.3 Å². The number of benzene rings is 2. The van der Waals surface area contributed by atoms with Crippen LogP contribution in [0.1, 0.15) is 32.6 Å². The molecule has 0 unspecified atom stereocenters. The number of nitrogens with one attached hydrogen (secondary N) is 1. The van der Waals surface area contributed by atoms with Gasteiger partial charge in [0.2, 0.25) is 11.1 Å². The first-order valence-electron chi connectivity index (χ1n) is 10.5. The van der Waals surface area contributed by atoms with Gasteiger partial charge in [0.25, 0.3) is 0 Å². The Kier molecular flexibility index (Phi) is 6.74. The number of carbonyl (C=O) groups excluding carboxylic acids is 1. The van der Waals surface area contributed by atoms with Gasteiger partial charge in [-0.15, -0.1) is 10.2 Å². The fraction of sp³-hybridized carbons (Fsp3) is 0.333. The van der Waals surface area contributed by atoms with E-state index in [0.717, 1.165) is 41.3 Å². The maximum atomic E-state index is 12.4. The predicted molar refractivity (Wildman–Crippen MR) is 121 cm³/mol. The molecule has 1 fully saturated rings. The predicted octanol–water partition coefficient (Wildman–Crippen LogP) is 4.99. The standard InChI is InChI=1S/C24H26N4OS/c1-17-12-14-20(15-13-17)25-21(29)16-30-24-26-22(18-8-4-2-5-9-18)23(27-28-24)19-10-6-3-7-11-19/h2-11,17,20H,12-16H2,1H3,(H,25,29). The molecular formula is C24H26N4OS. The summed E-state index contributed by atoms with van der Waals surface area (Å²) < 4.78 is 0. The zero-order chi connectivity index (χ0) is 20.8. The summed E-state index contributed by atoms with van der Waals surface area (Å²) in [5.74, 6) is 1.11. The third-order valence-corrected chi connectivity index (χ3v) is 6.31. The lowest BCUT2D eigenvalue weighted by molar-refractivity contribution is -0.119. The van der Waals surface area contributed by atoms with E-state index in [1.807, 2.05) is 60.7 Å². The maximum absolute atomic E-state index is 12.4. The number of hydrogen-bond acceptors (Lipinski definition) is 5. The highest BCUT2D eigenvalue weighted by Crippen LogP contribution is 2.29. The molecule has 1 aliphatic carbocycles. The lowest BCUT2D eigenvalue weighted by atomic mass is 9.87. The van der Waals surface area contributed by atoms with Crippen molar-refractivity contribution in [3.63, 3.8) is 0 Å². The van der Waals surface area contributed by atoms with Gasteiger partial charge >= 0.3 is 0 Å². The average molecular weight is 419 g/mol. The third kappa shape index (κ3) is 5.25. The number of carbonyl (C=O) groups is 1. The first kappa shape index (κ1) is 20.5. The molecule has 30 heavy (non-hydrogen) atoms. The van der Waals surface area contributed by atoms with Crippen LogP contribution in [0.4, 0.5) is 0 Å². The van der Waals surface area contributed by atoms with Crippen LogP contribution in [0, 0.1) is 5.92 Å². The first-order chi connectivity index (χ1) is 14.7. The molecule has 0 aliphatic heterocycles. The van der Waals surface area contributed by atoms with Crippen LogP contribution in [0.25, 0.3) is 22.5 Å². The van der Waals surface area contributed by atoms with Crippen molar-refractivity contribution in [3.8, 4) is 22.5 Å². The molecule has 0 radical (unpaired) electrons. The van der Waals surface area contributed by atoms with E-state index in [-0.39, 0.29) is 5.91 Å². The Morgan fingerprint density at radius 1 is 0.900 bits per heavy atom.